The first-order valence-corrected chi connectivity index (χ1v) is 19.7. The lowest BCUT2D eigenvalue weighted by atomic mass is 9.97. The van der Waals surface area contributed by atoms with Gasteiger partial charge >= 0.3 is 0 Å². The van der Waals surface area contributed by atoms with E-state index in [9.17, 15) is 0 Å². The number of furan rings is 2. The fourth-order valence-electron chi connectivity index (χ4n) is 9.03. The van der Waals surface area contributed by atoms with Crippen LogP contribution in [0.15, 0.2) is 215 Å². The van der Waals surface area contributed by atoms with E-state index in [0.717, 1.165) is 88.9 Å². The number of rotatable bonds is 6. The molecular weight excluding hydrogens is 709 g/mol. The topological polar surface area (TPSA) is 34.5 Å². The van der Waals surface area contributed by atoms with Gasteiger partial charge in [-0.2, -0.15) is 0 Å². The molecule has 0 saturated heterocycles. The zero-order valence-electron chi connectivity index (χ0n) is 31.3. The Hall–Kier alpha value is -7.82. The molecule has 12 aromatic rings. The molecule has 0 bridgehead atoms. The Kier molecular flexibility index (Phi) is 7.20. The SMILES string of the molecule is c1ccc(N(c2ccc(-c3cccc4oc5ccccc5c34)cc2)c2ccc3c(oc4ccccc43)c2-c2ccc(-n3c4ccccc4c4ccccc43)cc2)cc1. The number of benzene rings is 9. The first kappa shape index (κ1) is 32.4. The average molecular weight is 743 g/mol. The van der Waals surface area contributed by atoms with E-state index in [1.165, 1.54) is 21.8 Å². The van der Waals surface area contributed by atoms with Crippen LogP contribution in [0.5, 0.6) is 0 Å². The highest BCUT2D eigenvalue weighted by atomic mass is 16.3. The van der Waals surface area contributed by atoms with E-state index in [1.807, 2.05) is 18.2 Å². The standard InChI is InChI=1S/C54H34N2O2/c1-2-13-37(14-3-1)55(38-29-25-35(26-30-38)40-19-12-24-51-53(40)45-18-7-11-23-50(45)57-51)48-34-33-44-43-17-6-10-22-49(43)58-54(44)52(48)36-27-31-39(32-28-36)56-46-20-8-4-15-41(46)42-16-5-9-21-47(42)56/h1-34H. The van der Waals surface area contributed by atoms with Crippen molar-refractivity contribution in [3.05, 3.63) is 206 Å². The maximum Gasteiger partial charge on any atom is 0.145 e. The third-order valence-corrected chi connectivity index (χ3v) is 11.6. The second-order valence-electron chi connectivity index (χ2n) is 14.8. The summed E-state index contributed by atoms with van der Waals surface area (Å²) in [5, 5.41) is 6.93. The summed E-state index contributed by atoms with van der Waals surface area (Å²) in [5.74, 6) is 0. The summed E-state index contributed by atoms with van der Waals surface area (Å²) in [6, 6.07) is 73.1. The first-order chi connectivity index (χ1) is 28.8. The summed E-state index contributed by atoms with van der Waals surface area (Å²) in [7, 11) is 0. The molecule has 0 amide bonds. The maximum absolute atomic E-state index is 6.82. The molecule has 0 fully saturated rings. The van der Waals surface area contributed by atoms with Crippen LogP contribution in [0.3, 0.4) is 0 Å². The van der Waals surface area contributed by atoms with Gasteiger partial charge < -0.3 is 18.3 Å². The van der Waals surface area contributed by atoms with Crippen molar-refractivity contribution in [1.82, 2.24) is 4.57 Å². The Bertz CT molecular complexity index is 3450. The number of anilines is 3. The van der Waals surface area contributed by atoms with Gasteiger partial charge in [-0.3, -0.25) is 0 Å². The Balaban J connectivity index is 1.05. The fraction of sp³-hybridized carbons (Fsp3) is 0. The van der Waals surface area contributed by atoms with Crippen molar-refractivity contribution in [2.45, 2.75) is 0 Å². The predicted molar refractivity (Wildman–Crippen MR) is 241 cm³/mol. The molecule has 0 unspecified atom stereocenters. The molecule has 0 spiro atoms. The lowest BCUT2D eigenvalue weighted by Gasteiger charge is -2.28. The zero-order chi connectivity index (χ0) is 38.2. The third-order valence-electron chi connectivity index (χ3n) is 11.6. The molecule has 4 heteroatoms. The number of nitrogens with zero attached hydrogens (tertiary/aromatic N) is 2. The number of para-hydroxylation sites is 5. The number of hydrogen-bond donors (Lipinski definition) is 0. The van der Waals surface area contributed by atoms with Crippen LogP contribution in [0.1, 0.15) is 0 Å². The number of hydrogen-bond acceptors (Lipinski definition) is 3. The molecule has 3 heterocycles. The zero-order valence-corrected chi connectivity index (χ0v) is 31.3. The van der Waals surface area contributed by atoms with E-state index in [4.69, 9.17) is 8.83 Å². The highest BCUT2D eigenvalue weighted by molar-refractivity contribution is 6.14. The summed E-state index contributed by atoms with van der Waals surface area (Å²) >= 11 is 0. The van der Waals surface area contributed by atoms with Crippen LogP contribution >= 0.6 is 0 Å². The lowest BCUT2D eigenvalue weighted by Crippen LogP contribution is -2.11. The maximum atomic E-state index is 6.82. The minimum atomic E-state index is 0.861. The van der Waals surface area contributed by atoms with Gasteiger partial charge in [0.05, 0.1) is 16.7 Å². The van der Waals surface area contributed by atoms with Gasteiger partial charge in [-0.1, -0.05) is 127 Å². The molecule has 4 nitrogen and oxygen atoms in total. The van der Waals surface area contributed by atoms with E-state index in [2.05, 4.69) is 198 Å². The van der Waals surface area contributed by atoms with Gasteiger partial charge in [-0.05, 0) is 95.6 Å². The van der Waals surface area contributed by atoms with E-state index < -0.39 is 0 Å². The van der Waals surface area contributed by atoms with Crippen molar-refractivity contribution in [3.63, 3.8) is 0 Å². The first-order valence-electron chi connectivity index (χ1n) is 19.7. The van der Waals surface area contributed by atoms with Gasteiger partial charge in [0.25, 0.3) is 0 Å². The van der Waals surface area contributed by atoms with Crippen LogP contribution in [0.4, 0.5) is 17.1 Å². The van der Waals surface area contributed by atoms with Crippen molar-refractivity contribution in [2.75, 3.05) is 4.90 Å². The van der Waals surface area contributed by atoms with Crippen molar-refractivity contribution >= 4 is 82.7 Å². The average Bonchev–Trinajstić information content (AvgIpc) is 3.97. The molecule has 0 aliphatic carbocycles. The molecule has 58 heavy (non-hydrogen) atoms. The lowest BCUT2D eigenvalue weighted by molar-refractivity contribution is 0.669. The predicted octanol–water partition coefficient (Wildman–Crippen LogP) is 15.4. The molecule has 0 aliphatic heterocycles. The monoisotopic (exact) mass is 742 g/mol. The molecule has 9 aromatic carbocycles. The molecule has 0 atom stereocenters. The van der Waals surface area contributed by atoms with E-state index in [1.54, 1.807) is 0 Å². The largest absolute Gasteiger partial charge is 0.456 e. The summed E-state index contributed by atoms with van der Waals surface area (Å²) in [4.78, 5) is 2.35. The summed E-state index contributed by atoms with van der Waals surface area (Å²) in [6.07, 6.45) is 0. The van der Waals surface area contributed by atoms with Gasteiger partial charge in [0, 0.05) is 54.9 Å². The minimum Gasteiger partial charge on any atom is -0.456 e. The second kappa shape index (κ2) is 12.9. The van der Waals surface area contributed by atoms with Gasteiger partial charge in [0.15, 0.2) is 0 Å². The molecule has 0 aliphatic rings. The van der Waals surface area contributed by atoms with Gasteiger partial charge in [0.2, 0.25) is 0 Å². The fourth-order valence-corrected chi connectivity index (χ4v) is 9.03. The van der Waals surface area contributed by atoms with Crippen LogP contribution < -0.4 is 4.90 Å². The van der Waals surface area contributed by atoms with Crippen LogP contribution in [-0.2, 0) is 0 Å². The molecule has 0 radical (unpaired) electrons. The van der Waals surface area contributed by atoms with Crippen molar-refractivity contribution in [1.29, 1.82) is 0 Å². The molecule has 272 valence electrons. The molecule has 0 N–H and O–H groups in total. The summed E-state index contributed by atoms with van der Waals surface area (Å²) in [5.41, 5.74) is 14.5. The van der Waals surface area contributed by atoms with Crippen LogP contribution in [0.25, 0.3) is 93.6 Å². The Morgan fingerprint density at radius 3 is 1.66 bits per heavy atom. The van der Waals surface area contributed by atoms with E-state index >= 15 is 0 Å². The smallest absolute Gasteiger partial charge is 0.145 e. The Morgan fingerprint density at radius 1 is 0.362 bits per heavy atom. The van der Waals surface area contributed by atoms with Gasteiger partial charge in [0.1, 0.15) is 22.3 Å². The normalized spacial score (nSPS) is 11.8. The molecule has 12 rings (SSSR count). The third kappa shape index (κ3) is 4.95. The molecular formula is C54H34N2O2. The van der Waals surface area contributed by atoms with E-state index in [-0.39, 0.29) is 0 Å². The Labute approximate surface area is 334 Å². The summed E-state index contributed by atoms with van der Waals surface area (Å²) < 4.78 is 15.4. The van der Waals surface area contributed by atoms with Crippen molar-refractivity contribution < 1.29 is 8.83 Å². The number of aromatic nitrogens is 1. The van der Waals surface area contributed by atoms with Crippen LogP contribution in [-0.4, -0.2) is 4.57 Å². The minimum absolute atomic E-state index is 0.861. The van der Waals surface area contributed by atoms with Crippen molar-refractivity contribution in [2.24, 2.45) is 0 Å². The highest BCUT2D eigenvalue weighted by Crippen LogP contribution is 2.47. The Morgan fingerprint density at radius 2 is 0.931 bits per heavy atom. The molecule has 3 aromatic heterocycles. The van der Waals surface area contributed by atoms with Crippen LogP contribution in [0.2, 0.25) is 0 Å². The van der Waals surface area contributed by atoms with Gasteiger partial charge in [-0.15, -0.1) is 0 Å². The summed E-state index contributed by atoms with van der Waals surface area (Å²) in [6.45, 7) is 0. The van der Waals surface area contributed by atoms with Gasteiger partial charge in [-0.25, -0.2) is 0 Å². The highest BCUT2D eigenvalue weighted by Gasteiger charge is 2.23. The number of fused-ring (bicyclic) bond motifs is 9. The quantitative estimate of drug-likeness (QED) is 0.170. The second-order valence-corrected chi connectivity index (χ2v) is 14.8. The van der Waals surface area contributed by atoms with Crippen LogP contribution in [0, 0.1) is 0 Å². The van der Waals surface area contributed by atoms with E-state index in [0.29, 0.717) is 0 Å². The van der Waals surface area contributed by atoms with Crippen molar-refractivity contribution in [3.8, 4) is 27.9 Å². The molecule has 0 saturated carbocycles.